The Kier molecular flexibility index (Phi) is 4.30. The maximum absolute atomic E-state index is 12.2. The van der Waals surface area contributed by atoms with Crippen LogP contribution in [-0.2, 0) is 9.59 Å². The van der Waals surface area contributed by atoms with Crippen molar-refractivity contribution in [3.05, 3.63) is 36.0 Å². The number of likely N-dealkylation sites (N-methyl/N-ethyl adjacent to an activating group) is 1. The van der Waals surface area contributed by atoms with Crippen molar-refractivity contribution in [2.24, 2.45) is 0 Å². The molecular weight excluding hydrogens is 334 g/mol. The van der Waals surface area contributed by atoms with Gasteiger partial charge in [-0.1, -0.05) is 11.2 Å². The summed E-state index contributed by atoms with van der Waals surface area (Å²) in [5.74, 6) is -0.259. The van der Waals surface area contributed by atoms with Gasteiger partial charge in [0.1, 0.15) is 18.1 Å². The highest BCUT2D eigenvalue weighted by Crippen LogP contribution is 2.36. The molecule has 1 aliphatic heterocycles. The quantitative estimate of drug-likeness (QED) is 0.539. The van der Waals surface area contributed by atoms with Crippen LogP contribution in [0.25, 0.3) is 21.7 Å². The maximum atomic E-state index is 12.2. The molecular formula is C19H19N3O4. The van der Waals surface area contributed by atoms with Crippen LogP contribution in [0.15, 0.2) is 34.9 Å². The third-order valence-corrected chi connectivity index (χ3v) is 4.64. The van der Waals surface area contributed by atoms with Crippen LogP contribution in [0, 0.1) is 0 Å². The molecule has 134 valence electrons. The monoisotopic (exact) mass is 353 g/mol. The van der Waals surface area contributed by atoms with Crippen LogP contribution in [0.1, 0.15) is 24.5 Å². The number of benzene rings is 2. The Labute approximate surface area is 149 Å². The second-order valence-electron chi connectivity index (χ2n) is 6.35. The first-order valence-electron chi connectivity index (χ1n) is 8.60. The van der Waals surface area contributed by atoms with Crippen LogP contribution in [0.2, 0.25) is 0 Å². The van der Waals surface area contributed by atoms with E-state index >= 15 is 0 Å². The molecule has 1 unspecified atom stereocenters. The fraction of sp³-hybridized carbons (Fsp3) is 0.316. The van der Waals surface area contributed by atoms with Gasteiger partial charge in [0.05, 0.1) is 11.3 Å². The summed E-state index contributed by atoms with van der Waals surface area (Å²) in [6.07, 6.45) is 0.743. The summed E-state index contributed by atoms with van der Waals surface area (Å²) in [5.41, 5.74) is 1.21. The van der Waals surface area contributed by atoms with E-state index in [1.54, 1.807) is 0 Å². The second kappa shape index (κ2) is 6.76. The third kappa shape index (κ3) is 2.90. The molecule has 7 nitrogen and oxygen atoms in total. The van der Waals surface area contributed by atoms with Gasteiger partial charge < -0.3 is 14.6 Å². The number of hydrogen-bond acceptors (Lipinski definition) is 6. The molecule has 0 radical (unpaired) electrons. The summed E-state index contributed by atoms with van der Waals surface area (Å²) in [5, 5.41) is 12.3. The molecule has 3 aromatic rings. The normalized spacial score (nSPS) is 17.7. The number of carbonyl (C=O) groups excluding carboxylic acids is 2. The van der Waals surface area contributed by atoms with Gasteiger partial charge >= 0.3 is 0 Å². The fourth-order valence-electron chi connectivity index (χ4n) is 3.33. The molecule has 0 aliphatic carbocycles. The van der Waals surface area contributed by atoms with Gasteiger partial charge in [-0.05, 0) is 48.5 Å². The summed E-state index contributed by atoms with van der Waals surface area (Å²) in [6, 6.07) is 9.61. The van der Waals surface area contributed by atoms with Crippen molar-refractivity contribution in [3.8, 4) is 5.75 Å². The number of ether oxygens (including phenoxy) is 1. The Morgan fingerprint density at radius 1 is 1.31 bits per heavy atom. The van der Waals surface area contributed by atoms with Gasteiger partial charge in [-0.2, -0.15) is 0 Å². The Morgan fingerprint density at radius 2 is 2.19 bits per heavy atom. The molecule has 1 saturated heterocycles. The van der Waals surface area contributed by atoms with Gasteiger partial charge in [0.2, 0.25) is 11.8 Å². The van der Waals surface area contributed by atoms with Crippen LogP contribution >= 0.6 is 0 Å². The van der Waals surface area contributed by atoms with Crippen LogP contribution in [0.4, 0.5) is 0 Å². The Bertz CT molecular complexity index is 995. The van der Waals surface area contributed by atoms with E-state index in [9.17, 15) is 9.59 Å². The summed E-state index contributed by atoms with van der Waals surface area (Å²) in [4.78, 5) is 23.7. The fourth-order valence-corrected chi connectivity index (χ4v) is 3.33. The summed E-state index contributed by atoms with van der Waals surface area (Å²) in [6.45, 7) is 1.35. The molecule has 1 atom stereocenters. The first kappa shape index (κ1) is 16.5. The molecule has 1 aliphatic rings. The van der Waals surface area contributed by atoms with E-state index in [1.165, 1.54) is 0 Å². The molecule has 0 bridgehead atoms. The molecule has 2 aromatic carbocycles. The topological polar surface area (TPSA) is 93.5 Å². The van der Waals surface area contributed by atoms with Gasteiger partial charge in [-0.25, -0.2) is 0 Å². The number of carbonyl (C=O) groups is 2. The zero-order chi connectivity index (χ0) is 18.1. The van der Waals surface area contributed by atoms with E-state index in [2.05, 4.69) is 15.8 Å². The number of hydrogen-bond donors (Lipinski definition) is 2. The highest BCUT2D eigenvalue weighted by Gasteiger charge is 2.32. The summed E-state index contributed by atoms with van der Waals surface area (Å²) < 4.78 is 11.2. The van der Waals surface area contributed by atoms with E-state index in [4.69, 9.17) is 9.26 Å². The Hall–Kier alpha value is -2.93. The molecule has 2 amide bonds. The molecule has 0 spiro atoms. The van der Waals surface area contributed by atoms with Gasteiger partial charge in [0.15, 0.2) is 5.58 Å². The highest BCUT2D eigenvalue weighted by molar-refractivity contribution is 6.10. The molecule has 1 fully saturated rings. The van der Waals surface area contributed by atoms with Crippen molar-refractivity contribution < 1.29 is 18.8 Å². The number of rotatable bonds is 5. The Balaban J connectivity index is 1.75. The van der Waals surface area contributed by atoms with E-state index in [1.807, 2.05) is 37.4 Å². The second-order valence-corrected chi connectivity index (χ2v) is 6.35. The van der Waals surface area contributed by atoms with Crippen LogP contribution < -0.4 is 15.4 Å². The van der Waals surface area contributed by atoms with Gasteiger partial charge in [0, 0.05) is 13.0 Å². The molecule has 2 N–H and O–H groups in total. The standard InChI is InChI=1S/C19H19N3O4/c1-20-8-9-25-12-3-4-13-11(10-12)2-6-15-17(13)18(22-26-15)14-5-7-16(23)21-19(14)24/h2-4,6,10,14,20H,5,7-9H2,1H3,(H,21,23,24). The third-order valence-electron chi connectivity index (χ3n) is 4.64. The molecule has 4 rings (SSSR count). The average Bonchev–Trinajstić information content (AvgIpc) is 3.06. The SMILES string of the molecule is CNCCOc1ccc2c(ccc3onc(C4CCC(=O)NC4=O)c32)c1. The van der Waals surface area contributed by atoms with Gasteiger partial charge in [0.25, 0.3) is 0 Å². The number of fused-ring (bicyclic) bond motifs is 3. The first-order chi connectivity index (χ1) is 12.7. The number of nitrogens with zero attached hydrogens (tertiary/aromatic N) is 1. The predicted molar refractivity (Wildman–Crippen MR) is 96.1 cm³/mol. The number of amides is 2. The lowest BCUT2D eigenvalue weighted by Gasteiger charge is -2.19. The highest BCUT2D eigenvalue weighted by atomic mass is 16.5. The minimum absolute atomic E-state index is 0.243. The smallest absolute Gasteiger partial charge is 0.235 e. The van der Waals surface area contributed by atoms with Crippen molar-refractivity contribution in [3.63, 3.8) is 0 Å². The van der Waals surface area contributed by atoms with E-state index in [0.717, 1.165) is 28.5 Å². The number of nitrogens with one attached hydrogen (secondary N) is 2. The van der Waals surface area contributed by atoms with Crippen LogP contribution in [0.3, 0.4) is 0 Å². The lowest BCUT2D eigenvalue weighted by Crippen LogP contribution is -2.39. The van der Waals surface area contributed by atoms with E-state index in [0.29, 0.717) is 30.7 Å². The van der Waals surface area contributed by atoms with Crippen molar-refractivity contribution in [1.82, 2.24) is 15.8 Å². The molecule has 0 saturated carbocycles. The van der Waals surface area contributed by atoms with Gasteiger partial charge in [-0.15, -0.1) is 0 Å². The van der Waals surface area contributed by atoms with Crippen LogP contribution in [-0.4, -0.2) is 37.2 Å². The summed E-state index contributed by atoms with van der Waals surface area (Å²) >= 11 is 0. The van der Waals surface area contributed by atoms with Crippen LogP contribution in [0.5, 0.6) is 5.75 Å². The predicted octanol–water partition coefficient (Wildman–Crippen LogP) is 2.10. The maximum Gasteiger partial charge on any atom is 0.235 e. The van der Waals surface area contributed by atoms with Crippen molar-refractivity contribution in [2.75, 3.05) is 20.2 Å². The minimum Gasteiger partial charge on any atom is -0.492 e. The number of imide groups is 1. The minimum atomic E-state index is -0.480. The van der Waals surface area contributed by atoms with Crippen molar-refractivity contribution in [1.29, 1.82) is 0 Å². The van der Waals surface area contributed by atoms with E-state index in [-0.39, 0.29) is 11.8 Å². The molecule has 1 aromatic heterocycles. The van der Waals surface area contributed by atoms with E-state index < -0.39 is 5.92 Å². The Morgan fingerprint density at radius 3 is 3.00 bits per heavy atom. The number of aromatic nitrogens is 1. The zero-order valence-electron chi connectivity index (χ0n) is 14.4. The molecule has 7 heteroatoms. The largest absolute Gasteiger partial charge is 0.492 e. The van der Waals surface area contributed by atoms with Crippen molar-refractivity contribution in [2.45, 2.75) is 18.8 Å². The van der Waals surface area contributed by atoms with Gasteiger partial charge in [-0.3, -0.25) is 14.9 Å². The zero-order valence-corrected chi connectivity index (χ0v) is 14.4. The average molecular weight is 353 g/mol. The molecule has 26 heavy (non-hydrogen) atoms. The number of piperidine rings is 1. The molecule has 2 heterocycles. The lowest BCUT2D eigenvalue weighted by atomic mass is 9.91. The lowest BCUT2D eigenvalue weighted by molar-refractivity contribution is -0.134. The summed E-state index contributed by atoms with van der Waals surface area (Å²) in [7, 11) is 1.88. The first-order valence-corrected chi connectivity index (χ1v) is 8.60. The van der Waals surface area contributed by atoms with Crippen molar-refractivity contribution >= 4 is 33.6 Å².